The van der Waals surface area contributed by atoms with Gasteiger partial charge >= 0.3 is 0 Å². The van der Waals surface area contributed by atoms with Crippen LogP contribution in [0.25, 0.3) is 0 Å². The molecule has 1 atom stereocenters. The highest BCUT2D eigenvalue weighted by molar-refractivity contribution is 6.30. The monoisotopic (exact) mass is 307 g/mol. The summed E-state index contributed by atoms with van der Waals surface area (Å²) >= 11 is 5.78. The second-order valence-electron chi connectivity index (χ2n) is 4.60. The van der Waals surface area contributed by atoms with Gasteiger partial charge in [0.2, 0.25) is 0 Å². The minimum Gasteiger partial charge on any atom is -0.494 e. The molecule has 2 aromatic rings. The molecule has 0 aliphatic heterocycles. The molecule has 5 heteroatoms. The second kappa shape index (κ2) is 6.59. The van der Waals surface area contributed by atoms with Crippen molar-refractivity contribution in [1.82, 2.24) is 5.32 Å². The number of carbonyl (C=O) groups excluding carboxylic acids is 1. The Morgan fingerprint density at radius 2 is 1.90 bits per heavy atom. The molecule has 2 rings (SSSR count). The lowest BCUT2D eigenvalue weighted by atomic mass is 10.1. The summed E-state index contributed by atoms with van der Waals surface area (Å²) in [6.45, 7) is 1.79. The number of hydrogen-bond donors (Lipinski definition) is 1. The van der Waals surface area contributed by atoms with E-state index in [4.69, 9.17) is 16.3 Å². The predicted octanol–water partition coefficient (Wildman–Crippen LogP) is 3.98. The summed E-state index contributed by atoms with van der Waals surface area (Å²) in [5, 5.41) is 3.37. The van der Waals surface area contributed by atoms with E-state index < -0.39 is 5.82 Å². The fraction of sp³-hybridized carbons (Fsp3) is 0.188. The summed E-state index contributed by atoms with van der Waals surface area (Å²) in [4.78, 5) is 12.1. The summed E-state index contributed by atoms with van der Waals surface area (Å²) < 4.78 is 18.5. The standard InChI is InChI=1S/C16H15ClFNO2/c1-10(12-5-8-15(21-2)14(18)9-12)19-16(20)11-3-6-13(17)7-4-11/h3-10H,1-2H3,(H,19,20)/t10-/m0/s1. The van der Waals surface area contributed by atoms with Crippen LogP contribution in [0.15, 0.2) is 42.5 Å². The Balaban J connectivity index is 2.10. The van der Waals surface area contributed by atoms with Crippen molar-refractivity contribution in [1.29, 1.82) is 0 Å². The van der Waals surface area contributed by atoms with Gasteiger partial charge in [-0.2, -0.15) is 0 Å². The van der Waals surface area contributed by atoms with Crippen LogP contribution in [0.1, 0.15) is 28.9 Å². The molecular weight excluding hydrogens is 293 g/mol. The van der Waals surface area contributed by atoms with Gasteiger partial charge in [0.15, 0.2) is 11.6 Å². The third-order valence-electron chi connectivity index (χ3n) is 3.13. The Labute approximate surface area is 127 Å². The fourth-order valence-corrected chi connectivity index (χ4v) is 2.04. The molecule has 110 valence electrons. The van der Waals surface area contributed by atoms with Crippen molar-refractivity contribution in [3.05, 3.63) is 64.4 Å². The number of ether oxygens (including phenoxy) is 1. The normalized spacial score (nSPS) is 11.8. The van der Waals surface area contributed by atoms with Crippen molar-refractivity contribution in [2.24, 2.45) is 0 Å². The van der Waals surface area contributed by atoms with E-state index in [2.05, 4.69) is 5.32 Å². The van der Waals surface area contributed by atoms with Gasteiger partial charge in [0.25, 0.3) is 5.91 Å². The quantitative estimate of drug-likeness (QED) is 0.928. The van der Waals surface area contributed by atoms with Crippen molar-refractivity contribution >= 4 is 17.5 Å². The summed E-state index contributed by atoms with van der Waals surface area (Å²) in [6.07, 6.45) is 0. The first-order valence-electron chi connectivity index (χ1n) is 6.41. The molecule has 0 saturated carbocycles. The van der Waals surface area contributed by atoms with Gasteiger partial charge in [0.1, 0.15) is 0 Å². The molecule has 0 bridgehead atoms. The molecule has 0 radical (unpaired) electrons. The van der Waals surface area contributed by atoms with E-state index in [9.17, 15) is 9.18 Å². The fourth-order valence-electron chi connectivity index (χ4n) is 1.92. The number of amides is 1. The van der Waals surface area contributed by atoms with Crippen molar-refractivity contribution in [3.63, 3.8) is 0 Å². The molecule has 0 spiro atoms. The SMILES string of the molecule is COc1ccc([C@H](C)NC(=O)c2ccc(Cl)cc2)cc1F. The molecule has 0 unspecified atom stereocenters. The van der Waals surface area contributed by atoms with E-state index in [1.54, 1.807) is 37.3 Å². The highest BCUT2D eigenvalue weighted by Crippen LogP contribution is 2.22. The summed E-state index contributed by atoms with van der Waals surface area (Å²) in [7, 11) is 1.41. The summed E-state index contributed by atoms with van der Waals surface area (Å²) in [5.41, 5.74) is 1.16. The van der Waals surface area contributed by atoms with Crippen LogP contribution in [0.2, 0.25) is 5.02 Å². The molecule has 0 aliphatic rings. The lowest BCUT2D eigenvalue weighted by Gasteiger charge is -2.15. The molecule has 2 aromatic carbocycles. The van der Waals surface area contributed by atoms with Crippen molar-refractivity contribution in [2.75, 3.05) is 7.11 Å². The average Bonchev–Trinajstić information content (AvgIpc) is 2.47. The molecular formula is C16H15ClFNO2. The third kappa shape index (κ3) is 3.73. The third-order valence-corrected chi connectivity index (χ3v) is 3.38. The van der Waals surface area contributed by atoms with Gasteiger partial charge in [-0.05, 0) is 48.9 Å². The molecule has 0 heterocycles. The number of rotatable bonds is 4. The van der Waals surface area contributed by atoms with E-state index in [0.717, 1.165) is 0 Å². The smallest absolute Gasteiger partial charge is 0.251 e. The molecule has 0 aromatic heterocycles. The zero-order valence-corrected chi connectivity index (χ0v) is 12.4. The maximum Gasteiger partial charge on any atom is 0.251 e. The maximum absolute atomic E-state index is 13.7. The van der Waals surface area contributed by atoms with Gasteiger partial charge in [-0.15, -0.1) is 0 Å². The first kappa shape index (κ1) is 15.3. The van der Waals surface area contributed by atoms with Gasteiger partial charge in [0, 0.05) is 10.6 Å². The molecule has 3 nitrogen and oxygen atoms in total. The van der Waals surface area contributed by atoms with Gasteiger partial charge in [-0.3, -0.25) is 4.79 Å². The zero-order chi connectivity index (χ0) is 15.4. The van der Waals surface area contributed by atoms with Crippen LogP contribution in [-0.2, 0) is 0 Å². The molecule has 1 N–H and O–H groups in total. The number of halogens is 2. The summed E-state index contributed by atoms with van der Waals surface area (Å²) in [5.74, 6) is -0.520. The highest BCUT2D eigenvalue weighted by Gasteiger charge is 2.13. The average molecular weight is 308 g/mol. The Hall–Kier alpha value is -2.07. The highest BCUT2D eigenvalue weighted by atomic mass is 35.5. The van der Waals surface area contributed by atoms with Gasteiger partial charge in [0.05, 0.1) is 13.2 Å². The molecule has 0 saturated heterocycles. The van der Waals surface area contributed by atoms with Crippen LogP contribution in [0.5, 0.6) is 5.75 Å². The topological polar surface area (TPSA) is 38.3 Å². The van der Waals surface area contributed by atoms with E-state index >= 15 is 0 Å². The van der Waals surface area contributed by atoms with E-state index in [1.807, 2.05) is 0 Å². The predicted molar refractivity (Wildman–Crippen MR) is 80.3 cm³/mol. The van der Waals surface area contributed by atoms with Crippen LogP contribution < -0.4 is 10.1 Å². The van der Waals surface area contributed by atoms with E-state index in [-0.39, 0.29) is 17.7 Å². The number of methoxy groups -OCH3 is 1. The van der Waals surface area contributed by atoms with Crippen LogP contribution in [-0.4, -0.2) is 13.0 Å². The largest absolute Gasteiger partial charge is 0.494 e. The van der Waals surface area contributed by atoms with Crippen molar-refractivity contribution in [3.8, 4) is 5.75 Å². The van der Waals surface area contributed by atoms with Crippen molar-refractivity contribution < 1.29 is 13.9 Å². The number of carbonyl (C=O) groups is 1. The first-order valence-corrected chi connectivity index (χ1v) is 6.79. The lowest BCUT2D eigenvalue weighted by molar-refractivity contribution is 0.0940. The Kier molecular flexibility index (Phi) is 4.81. The van der Waals surface area contributed by atoms with E-state index in [0.29, 0.717) is 16.1 Å². The maximum atomic E-state index is 13.7. The van der Waals surface area contributed by atoms with Crippen LogP contribution >= 0.6 is 11.6 Å². The minimum absolute atomic E-state index is 0.176. The molecule has 0 fully saturated rings. The van der Waals surface area contributed by atoms with Crippen LogP contribution in [0, 0.1) is 5.82 Å². The van der Waals surface area contributed by atoms with Crippen LogP contribution in [0.4, 0.5) is 4.39 Å². The Bertz CT molecular complexity index is 643. The number of benzene rings is 2. The molecule has 1 amide bonds. The Morgan fingerprint density at radius 1 is 1.24 bits per heavy atom. The summed E-state index contributed by atoms with van der Waals surface area (Å²) in [6, 6.07) is 10.9. The number of nitrogens with one attached hydrogen (secondary N) is 1. The lowest BCUT2D eigenvalue weighted by Crippen LogP contribution is -2.26. The van der Waals surface area contributed by atoms with Gasteiger partial charge in [-0.25, -0.2) is 4.39 Å². The van der Waals surface area contributed by atoms with Crippen molar-refractivity contribution in [2.45, 2.75) is 13.0 Å². The van der Waals surface area contributed by atoms with Gasteiger partial charge in [-0.1, -0.05) is 17.7 Å². The van der Waals surface area contributed by atoms with E-state index in [1.165, 1.54) is 19.2 Å². The molecule has 21 heavy (non-hydrogen) atoms. The molecule has 0 aliphatic carbocycles. The van der Waals surface area contributed by atoms with Gasteiger partial charge < -0.3 is 10.1 Å². The Morgan fingerprint density at radius 3 is 2.48 bits per heavy atom. The first-order chi connectivity index (χ1) is 10.0. The second-order valence-corrected chi connectivity index (χ2v) is 5.03. The minimum atomic E-state index is -0.456. The zero-order valence-electron chi connectivity index (χ0n) is 11.7. The number of hydrogen-bond acceptors (Lipinski definition) is 2. The van der Waals surface area contributed by atoms with Crippen LogP contribution in [0.3, 0.4) is 0 Å².